The van der Waals surface area contributed by atoms with Crippen molar-refractivity contribution in [3.63, 3.8) is 0 Å². The van der Waals surface area contributed by atoms with Gasteiger partial charge in [-0.3, -0.25) is 0 Å². The molecule has 78 valence electrons. The van der Waals surface area contributed by atoms with Crippen molar-refractivity contribution in [2.24, 2.45) is 5.73 Å². The minimum absolute atomic E-state index is 0.147. The molecule has 1 aliphatic carbocycles. The largest absolute Gasteiger partial charge is 0.394 e. The maximum Gasteiger partial charge on any atom is 0.0607 e. The Morgan fingerprint density at radius 2 is 1.85 bits per heavy atom. The van der Waals surface area contributed by atoms with E-state index in [1.54, 1.807) is 0 Å². The van der Waals surface area contributed by atoms with Crippen LogP contribution in [0.25, 0.3) is 0 Å². The van der Waals surface area contributed by atoms with Crippen LogP contribution in [0.2, 0.25) is 0 Å². The van der Waals surface area contributed by atoms with Gasteiger partial charge in [0.1, 0.15) is 0 Å². The number of nitrogens with one attached hydrogen (secondary N) is 1. The minimum atomic E-state index is -0.147. The SMILES string of the molecule is CC(C)(CO)N[C@H]1CC[C@H](N)CC1. The molecule has 3 nitrogen and oxygen atoms in total. The predicted octanol–water partition coefficient (Wildman–Crippen LogP) is 0.617. The van der Waals surface area contributed by atoms with Gasteiger partial charge in [-0.25, -0.2) is 0 Å². The highest BCUT2D eigenvalue weighted by molar-refractivity contribution is 4.85. The normalized spacial score (nSPS) is 30.5. The summed E-state index contributed by atoms with van der Waals surface area (Å²) in [7, 11) is 0. The Morgan fingerprint density at radius 3 is 2.31 bits per heavy atom. The molecule has 0 bridgehead atoms. The van der Waals surface area contributed by atoms with Gasteiger partial charge in [-0.15, -0.1) is 0 Å². The Bertz CT molecular complexity index is 151. The number of hydrogen-bond acceptors (Lipinski definition) is 3. The maximum atomic E-state index is 9.09. The van der Waals surface area contributed by atoms with Gasteiger partial charge in [-0.1, -0.05) is 0 Å². The van der Waals surface area contributed by atoms with Gasteiger partial charge in [-0.05, 0) is 39.5 Å². The van der Waals surface area contributed by atoms with Gasteiger partial charge in [-0.2, -0.15) is 0 Å². The fraction of sp³-hybridized carbons (Fsp3) is 1.00. The van der Waals surface area contributed by atoms with Crippen LogP contribution in [-0.2, 0) is 0 Å². The van der Waals surface area contributed by atoms with Crippen LogP contribution in [0, 0.1) is 0 Å². The zero-order valence-electron chi connectivity index (χ0n) is 8.71. The quantitative estimate of drug-likeness (QED) is 0.605. The maximum absolute atomic E-state index is 9.09. The summed E-state index contributed by atoms with van der Waals surface area (Å²) in [4.78, 5) is 0. The number of aliphatic hydroxyl groups is 1. The molecule has 0 unspecified atom stereocenters. The monoisotopic (exact) mass is 186 g/mol. The molecule has 0 radical (unpaired) electrons. The fourth-order valence-electron chi connectivity index (χ4n) is 1.86. The molecule has 0 aromatic rings. The summed E-state index contributed by atoms with van der Waals surface area (Å²) in [5, 5.41) is 12.5. The lowest BCUT2D eigenvalue weighted by Crippen LogP contribution is -2.50. The first-order valence-corrected chi connectivity index (χ1v) is 5.17. The standard InChI is InChI=1S/C10H22N2O/c1-10(2,7-13)12-9-5-3-8(11)4-6-9/h8-9,12-13H,3-7,11H2,1-2H3/t8-,9-. The Morgan fingerprint density at radius 1 is 1.31 bits per heavy atom. The van der Waals surface area contributed by atoms with Crippen LogP contribution in [0.1, 0.15) is 39.5 Å². The van der Waals surface area contributed by atoms with Crippen LogP contribution in [0.5, 0.6) is 0 Å². The van der Waals surface area contributed by atoms with E-state index in [2.05, 4.69) is 5.32 Å². The summed E-state index contributed by atoms with van der Waals surface area (Å²) in [5.41, 5.74) is 5.67. The molecule has 4 N–H and O–H groups in total. The van der Waals surface area contributed by atoms with Crippen LogP contribution in [0.4, 0.5) is 0 Å². The first-order valence-electron chi connectivity index (χ1n) is 5.17. The molecule has 1 fully saturated rings. The van der Waals surface area contributed by atoms with E-state index in [1.807, 2.05) is 13.8 Å². The van der Waals surface area contributed by atoms with Gasteiger partial charge in [0.15, 0.2) is 0 Å². The summed E-state index contributed by atoms with van der Waals surface area (Å²) in [5.74, 6) is 0. The molecule has 1 saturated carbocycles. The lowest BCUT2D eigenvalue weighted by molar-refractivity contribution is 0.162. The van der Waals surface area contributed by atoms with Crippen LogP contribution in [0.3, 0.4) is 0 Å². The van der Waals surface area contributed by atoms with E-state index < -0.39 is 0 Å². The molecule has 13 heavy (non-hydrogen) atoms. The molecule has 0 spiro atoms. The third-order valence-corrected chi connectivity index (χ3v) is 2.76. The Labute approximate surface area is 80.7 Å². The Hall–Kier alpha value is -0.120. The first kappa shape index (κ1) is 11.0. The molecule has 0 saturated heterocycles. The smallest absolute Gasteiger partial charge is 0.0607 e. The van der Waals surface area contributed by atoms with Crippen molar-refractivity contribution >= 4 is 0 Å². The van der Waals surface area contributed by atoms with Crippen molar-refractivity contribution in [1.29, 1.82) is 0 Å². The second-order valence-corrected chi connectivity index (χ2v) is 4.80. The second kappa shape index (κ2) is 4.40. The average Bonchev–Trinajstić information content (AvgIpc) is 2.09. The number of hydrogen-bond donors (Lipinski definition) is 3. The molecule has 0 aromatic carbocycles. The third-order valence-electron chi connectivity index (χ3n) is 2.76. The zero-order chi connectivity index (χ0) is 9.90. The van der Waals surface area contributed by atoms with Gasteiger partial charge in [0.25, 0.3) is 0 Å². The number of rotatable bonds is 3. The van der Waals surface area contributed by atoms with E-state index >= 15 is 0 Å². The van der Waals surface area contributed by atoms with E-state index in [4.69, 9.17) is 10.8 Å². The van der Waals surface area contributed by atoms with Crippen molar-refractivity contribution in [3.8, 4) is 0 Å². The molecular formula is C10H22N2O. The summed E-state index contributed by atoms with van der Waals surface area (Å²) >= 11 is 0. The summed E-state index contributed by atoms with van der Waals surface area (Å²) in [6, 6.07) is 0.942. The van der Waals surface area contributed by atoms with Crippen molar-refractivity contribution in [1.82, 2.24) is 5.32 Å². The van der Waals surface area contributed by atoms with E-state index in [1.165, 1.54) is 0 Å². The van der Waals surface area contributed by atoms with E-state index in [-0.39, 0.29) is 12.1 Å². The first-order chi connectivity index (χ1) is 6.03. The van der Waals surface area contributed by atoms with Gasteiger partial charge in [0.05, 0.1) is 6.61 Å². The lowest BCUT2D eigenvalue weighted by atomic mass is 9.90. The fourth-order valence-corrected chi connectivity index (χ4v) is 1.86. The van der Waals surface area contributed by atoms with Gasteiger partial charge < -0.3 is 16.2 Å². The lowest BCUT2D eigenvalue weighted by Gasteiger charge is -2.34. The summed E-state index contributed by atoms with van der Waals surface area (Å²) < 4.78 is 0. The highest BCUT2D eigenvalue weighted by Crippen LogP contribution is 2.19. The van der Waals surface area contributed by atoms with Crippen LogP contribution in [-0.4, -0.2) is 29.3 Å². The minimum Gasteiger partial charge on any atom is -0.394 e. The molecule has 1 rings (SSSR count). The summed E-state index contributed by atoms with van der Waals surface area (Å²) in [6.45, 7) is 4.25. The highest BCUT2D eigenvalue weighted by Gasteiger charge is 2.24. The summed E-state index contributed by atoms with van der Waals surface area (Å²) in [6.07, 6.45) is 4.51. The molecule has 0 amide bonds. The number of aliphatic hydroxyl groups excluding tert-OH is 1. The van der Waals surface area contributed by atoms with Crippen LogP contribution >= 0.6 is 0 Å². The molecular weight excluding hydrogens is 164 g/mol. The van der Waals surface area contributed by atoms with Crippen LogP contribution < -0.4 is 11.1 Å². The van der Waals surface area contributed by atoms with Crippen molar-refractivity contribution in [2.75, 3.05) is 6.61 Å². The van der Waals surface area contributed by atoms with E-state index in [0.717, 1.165) is 25.7 Å². The van der Waals surface area contributed by atoms with Gasteiger partial charge in [0.2, 0.25) is 0 Å². The molecule has 0 aromatic heterocycles. The zero-order valence-corrected chi connectivity index (χ0v) is 8.71. The number of nitrogens with two attached hydrogens (primary N) is 1. The third kappa shape index (κ3) is 3.63. The van der Waals surface area contributed by atoms with Gasteiger partial charge >= 0.3 is 0 Å². The van der Waals surface area contributed by atoms with Crippen LogP contribution in [0.15, 0.2) is 0 Å². The predicted molar refractivity (Wildman–Crippen MR) is 54.5 cm³/mol. The van der Waals surface area contributed by atoms with Crippen molar-refractivity contribution in [2.45, 2.75) is 57.2 Å². The van der Waals surface area contributed by atoms with Gasteiger partial charge in [0, 0.05) is 17.6 Å². The van der Waals surface area contributed by atoms with E-state index in [0.29, 0.717) is 12.1 Å². The topological polar surface area (TPSA) is 58.3 Å². The molecule has 0 aliphatic heterocycles. The Kier molecular flexibility index (Phi) is 3.71. The molecule has 3 heteroatoms. The molecule has 0 heterocycles. The van der Waals surface area contributed by atoms with E-state index in [9.17, 15) is 0 Å². The Balaban J connectivity index is 2.30. The van der Waals surface area contributed by atoms with Crippen molar-refractivity contribution in [3.05, 3.63) is 0 Å². The molecule has 0 atom stereocenters. The average molecular weight is 186 g/mol. The molecule has 1 aliphatic rings. The highest BCUT2D eigenvalue weighted by atomic mass is 16.3. The van der Waals surface area contributed by atoms with Crippen molar-refractivity contribution < 1.29 is 5.11 Å². The second-order valence-electron chi connectivity index (χ2n) is 4.80.